The molecular formula is C13H25N3O. The SMILES string of the molecule is CCCN(CCC(=O)N(C)CCC#N)C(C)C. The van der Waals surface area contributed by atoms with Gasteiger partial charge in [0.25, 0.3) is 0 Å². The maximum atomic E-state index is 11.8. The van der Waals surface area contributed by atoms with E-state index in [1.54, 1.807) is 11.9 Å². The van der Waals surface area contributed by atoms with Gasteiger partial charge < -0.3 is 9.80 Å². The summed E-state index contributed by atoms with van der Waals surface area (Å²) in [6.45, 7) is 8.83. The van der Waals surface area contributed by atoms with Gasteiger partial charge in [0.05, 0.1) is 12.5 Å². The predicted molar refractivity (Wildman–Crippen MR) is 69.5 cm³/mol. The van der Waals surface area contributed by atoms with Crippen molar-refractivity contribution in [1.82, 2.24) is 9.80 Å². The molecule has 4 nitrogen and oxygen atoms in total. The third-order valence-corrected chi connectivity index (χ3v) is 2.84. The highest BCUT2D eigenvalue weighted by molar-refractivity contribution is 5.76. The third kappa shape index (κ3) is 6.96. The summed E-state index contributed by atoms with van der Waals surface area (Å²) >= 11 is 0. The van der Waals surface area contributed by atoms with Crippen molar-refractivity contribution in [2.75, 3.05) is 26.7 Å². The average molecular weight is 239 g/mol. The molecule has 0 atom stereocenters. The van der Waals surface area contributed by atoms with Crippen molar-refractivity contribution in [3.8, 4) is 6.07 Å². The van der Waals surface area contributed by atoms with E-state index in [0.29, 0.717) is 25.4 Å². The van der Waals surface area contributed by atoms with E-state index in [1.165, 1.54) is 0 Å². The van der Waals surface area contributed by atoms with Crippen LogP contribution in [0.4, 0.5) is 0 Å². The van der Waals surface area contributed by atoms with Crippen molar-refractivity contribution in [2.24, 2.45) is 0 Å². The summed E-state index contributed by atoms with van der Waals surface area (Å²) < 4.78 is 0. The van der Waals surface area contributed by atoms with E-state index in [9.17, 15) is 4.79 Å². The van der Waals surface area contributed by atoms with Crippen LogP contribution in [0.15, 0.2) is 0 Å². The molecule has 0 rings (SSSR count). The second-order valence-electron chi connectivity index (χ2n) is 4.60. The maximum absolute atomic E-state index is 11.8. The molecule has 0 heterocycles. The van der Waals surface area contributed by atoms with Crippen molar-refractivity contribution in [3.63, 3.8) is 0 Å². The molecule has 0 bridgehead atoms. The fraction of sp³-hybridized carbons (Fsp3) is 0.846. The number of rotatable bonds is 8. The Balaban J connectivity index is 3.99. The Morgan fingerprint density at radius 1 is 1.29 bits per heavy atom. The van der Waals surface area contributed by atoms with Crippen molar-refractivity contribution in [1.29, 1.82) is 5.26 Å². The van der Waals surface area contributed by atoms with Crippen LogP contribution in [-0.2, 0) is 4.79 Å². The number of amides is 1. The highest BCUT2D eigenvalue weighted by Gasteiger charge is 2.13. The molecule has 0 N–H and O–H groups in total. The number of carbonyl (C=O) groups is 1. The first-order chi connectivity index (χ1) is 8.02. The van der Waals surface area contributed by atoms with E-state index in [0.717, 1.165) is 19.5 Å². The van der Waals surface area contributed by atoms with Crippen LogP contribution in [0.2, 0.25) is 0 Å². The summed E-state index contributed by atoms with van der Waals surface area (Å²) in [5, 5.41) is 8.46. The van der Waals surface area contributed by atoms with Gasteiger partial charge in [0.2, 0.25) is 5.91 Å². The van der Waals surface area contributed by atoms with Crippen LogP contribution in [0.1, 0.15) is 40.0 Å². The van der Waals surface area contributed by atoms with Gasteiger partial charge in [-0.15, -0.1) is 0 Å². The Labute approximate surface area is 105 Å². The third-order valence-electron chi connectivity index (χ3n) is 2.84. The van der Waals surface area contributed by atoms with Gasteiger partial charge >= 0.3 is 0 Å². The zero-order valence-corrected chi connectivity index (χ0v) is 11.6. The fourth-order valence-electron chi connectivity index (χ4n) is 1.69. The standard InChI is InChI=1S/C13H25N3O/c1-5-9-16(12(2)3)11-7-13(17)15(4)10-6-8-14/h12H,5-7,9-11H2,1-4H3. The minimum atomic E-state index is 0.127. The lowest BCUT2D eigenvalue weighted by atomic mass is 10.2. The fourth-order valence-corrected chi connectivity index (χ4v) is 1.69. The lowest BCUT2D eigenvalue weighted by Crippen LogP contribution is -2.36. The molecule has 0 saturated heterocycles. The Morgan fingerprint density at radius 3 is 2.41 bits per heavy atom. The van der Waals surface area contributed by atoms with Crippen molar-refractivity contribution in [3.05, 3.63) is 0 Å². The van der Waals surface area contributed by atoms with Crippen LogP contribution in [0, 0.1) is 11.3 Å². The molecule has 0 aromatic carbocycles. The molecule has 0 unspecified atom stereocenters. The second kappa shape index (κ2) is 9.00. The Hall–Kier alpha value is -1.08. The molecule has 0 aliphatic carbocycles. The van der Waals surface area contributed by atoms with E-state index in [4.69, 9.17) is 5.26 Å². The minimum absolute atomic E-state index is 0.127. The molecule has 0 aliphatic rings. The molecule has 0 radical (unpaired) electrons. The number of nitrogens with zero attached hydrogens (tertiary/aromatic N) is 3. The van der Waals surface area contributed by atoms with Crippen molar-refractivity contribution >= 4 is 5.91 Å². The van der Waals surface area contributed by atoms with Gasteiger partial charge in [-0.05, 0) is 26.8 Å². The van der Waals surface area contributed by atoms with E-state index >= 15 is 0 Å². The van der Waals surface area contributed by atoms with Crippen LogP contribution in [0.5, 0.6) is 0 Å². The molecule has 0 aromatic rings. The maximum Gasteiger partial charge on any atom is 0.223 e. The largest absolute Gasteiger partial charge is 0.345 e. The molecule has 4 heteroatoms. The van der Waals surface area contributed by atoms with Crippen LogP contribution < -0.4 is 0 Å². The summed E-state index contributed by atoms with van der Waals surface area (Å²) in [5.74, 6) is 0.127. The zero-order valence-electron chi connectivity index (χ0n) is 11.6. The van der Waals surface area contributed by atoms with Crippen LogP contribution in [-0.4, -0.2) is 48.4 Å². The average Bonchev–Trinajstić information content (AvgIpc) is 2.30. The van der Waals surface area contributed by atoms with E-state index in [1.807, 2.05) is 0 Å². The molecule has 1 amide bonds. The van der Waals surface area contributed by atoms with Crippen LogP contribution in [0.25, 0.3) is 0 Å². The number of hydrogen-bond acceptors (Lipinski definition) is 3. The lowest BCUT2D eigenvalue weighted by Gasteiger charge is -2.26. The number of carbonyl (C=O) groups excluding carboxylic acids is 1. The summed E-state index contributed by atoms with van der Waals surface area (Å²) in [7, 11) is 1.76. The van der Waals surface area contributed by atoms with Gasteiger partial charge in [-0.1, -0.05) is 6.92 Å². The minimum Gasteiger partial charge on any atom is -0.345 e. The second-order valence-corrected chi connectivity index (χ2v) is 4.60. The Bertz CT molecular complexity index is 258. The summed E-state index contributed by atoms with van der Waals surface area (Å²) in [5.41, 5.74) is 0. The normalized spacial score (nSPS) is 10.6. The van der Waals surface area contributed by atoms with E-state index in [-0.39, 0.29) is 5.91 Å². The molecule has 0 aliphatic heterocycles. The first-order valence-corrected chi connectivity index (χ1v) is 6.37. The first-order valence-electron chi connectivity index (χ1n) is 6.37. The van der Waals surface area contributed by atoms with E-state index in [2.05, 4.69) is 31.7 Å². The summed E-state index contributed by atoms with van der Waals surface area (Å²) in [4.78, 5) is 15.7. The van der Waals surface area contributed by atoms with Crippen LogP contribution in [0.3, 0.4) is 0 Å². The van der Waals surface area contributed by atoms with E-state index < -0.39 is 0 Å². The number of hydrogen-bond donors (Lipinski definition) is 0. The molecule has 17 heavy (non-hydrogen) atoms. The quantitative estimate of drug-likeness (QED) is 0.649. The highest BCUT2D eigenvalue weighted by Crippen LogP contribution is 2.03. The highest BCUT2D eigenvalue weighted by atomic mass is 16.2. The van der Waals surface area contributed by atoms with Crippen molar-refractivity contribution < 1.29 is 4.79 Å². The Morgan fingerprint density at radius 2 is 1.94 bits per heavy atom. The molecular weight excluding hydrogens is 214 g/mol. The molecule has 0 fully saturated rings. The van der Waals surface area contributed by atoms with Crippen LogP contribution >= 0.6 is 0 Å². The molecule has 98 valence electrons. The van der Waals surface area contributed by atoms with Gasteiger partial charge in [0, 0.05) is 32.6 Å². The zero-order chi connectivity index (χ0) is 13.3. The van der Waals surface area contributed by atoms with Gasteiger partial charge in [-0.3, -0.25) is 4.79 Å². The van der Waals surface area contributed by atoms with Gasteiger partial charge in [0.15, 0.2) is 0 Å². The topological polar surface area (TPSA) is 47.3 Å². The Kier molecular flexibility index (Phi) is 8.43. The monoisotopic (exact) mass is 239 g/mol. The molecule has 0 aromatic heterocycles. The lowest BCUT2D eigenvalue weighted by molar-refractivity contribution is -0.130. The summed E-state index contributed by atoms with van der Waals surface area (Å²) in [6.07, 6.45) is 2.06. The van der Waals surface area contributed by atoms with Gasteiger partial charge in [-0.2, -0.15) is 5.26 Å². The number of nitriles is 1. The van der Waals surface area contributed by atoms with Crippen molar-refractivity contribution in [2.45, 2.75) is 46.1 Å². The summed E-state index contributed by atoms with van der Waals surface area (Å²) in [6, 6.07) is 2.53. The van der Waals surface area contributed by atoms with Gasteiger partial charge in [-0.25, -0.2) is 0 Å². The molecule has 0 saturated carbocycles. The molecule has 0 spiro atoms. The smallest absolute Gasteiger partial charge is 0.223 e. The van der Waals surface area contributed by atoms with Gasteiger partial charge in [0.1, 0.15) is 0 Å². The first kappa shape index (κ1) is 15.9. The predicted octanol–water partition coefficient (Wildman–Crippen LogP) is 1.87.